The minimum Gasteiger partial charge on any atom is -0.339 e. The van der Waals surface area contributed by atoms with Crippen molar-refractivity contribution in [3.63, 3.8) is 0 Å². The molecule has 1 saturated heterocycles. The zero-order chi connectivity index (χ0) is 16.2. The highest BCUT2D eigenvalue weighted by Gasteiger charge is 2.39. The molecule has 23 heavy (non-hydrogen) atoms. The summed E-state index contributed by atoms with van der Waals surface area (Å²) in [6, 6.07) is 10.1. The summed E-state index contributed by atoms with van der Waals surface area (Å²) in [6.45, 7) is 3.23. The van der Waals surface area contributed by atoms with Crippen molar-refractivity contribution in [1.82, 2.24) is 4.90 Å². The lowest BCUT2D eigenvalue weighted by Gasteiger charge is -2.31. The quantitative estimate of drug-likeness (QED) is 0.856. The van der Waals surface area contributed by atoms with E-state index in [9.17, 15) is 9.59 Å². The van der Waals surface area contributed by atoms with E-state index in [1.807, 2.05) is 47.1 Å². The SMILES string of the molecule is CCN(C(=O)C1CC(=O)N(C2CCCCC2)C1)c1ccccc1. The summed E-state index contributed by atoms with van der Waals surface area (Å²) >= 11 is 0. The van der Waals surface area contributed by atoms with Gasteiger partial charge in [-0.05, 0) is 31.9 Å². The van der Waals surface area contributed by atoms with E-state index in [0.717, 1.165) is 18.5 Å². The number of nitrogens with zero attached hydrogens (tertiary/aromatic N) is 2. The van der Waals surface area contributed by atoms with Crippen molar-refractivity contribution in [2.24, 2.45) is 5.92 Å². The fourth-order valence-corrected chi connectivity index (χ4v) is 3.94. The minimum atomic E-state index is -0.190. The Kier molecular flexibility index (Phi) is 4.99. The normalized spacial score (nSPS) is 22.4. The van der Waals surface area contributed by atoms with Crippen molar-refractivity contribution in [3.8, 4) is 0 Å². The monoisotopic (exact) mass is 314 g/mol. The van der Waals surface area contributed by atoms with Gasteiger partial charge in [0.1, 0.15) is 0 Å². The molecule has 1 aliphatic carbocycles. The highest BCUT2D eigenvalue weighted by Crippen LogP contribution is 2.30. The molecule has 2 amide bonds. The van der Waals surface area contributed by atoms with Crippen molar-refractivity contribution < 1.29 is 9.59 Å². The summed E-state index contributed by atoms with van der Waals surface area (Å²) in [6.07, 6.45) is 6.26. The third kappa shape index (κ3) is 3.41. The lowest BCUT2D eigenvalue weighted by atomic mass is 9.94. The molecule has 1 aliphatic heterocycles. The molecular weight excluding hydrogens is 288 g/mol. The maximum Gasteiger partial charge on any atom is 0.232 e. The maximum atomic E-state index is 12.9. The van der Waals surface area contributed by atoms with E-state index in [2.05, 4.69) is 0 Å². The van der Waals surface area contributed by atoms with E-state index in [1.54, 1.807) is 0 Å². The smallest absolute Gasteiger partial charge is 0.232 e. The highest BCUT2D eigenvalue weighted by atomic mass is 16.2. The molecule has 1 aromatic rings. The minimum absolute atomic E-state index is 0.0883. The number of amides is 2. The van der Waals surface area contributed by atoms with Crippen molar-refractivity contribution >= 4 is 17.5 Å². The Labute approximate surface area is 138 Å². The number of hydrogen-bond donors (Lipinski definition) is 0. The van der Waals surface area contributed by atoms with Gasteiger partial charge in [-0.25, -0.2) is 0 Å². The van der Waals surface area contributed by atoms with E-state index in [4.69, 9.17) is 0 Å². The zero-order valence-corrected chi connectivity index (χ0v) is 13.9. The Morgan fingerprint density at radius 3 is 2.52 bits per heavy atom. The van der Waals surface area contributed by atoms with E-state index < -0.39 is 0 Å². The molecule has 1 atom stereocenters. The fourth-order valence-electron chi connectivity index (χ4n) is 3.94. The zero-order valence-electron chi connectivity index (χ0n) is 13.9. The van der Waals surface area contributed by atoms with Crippen LogP contribution in [0.3, 0.4) is 0 Å². The summed E-state index contributed by atoms with van der Waals surface area (Å²) in [5.41, 5.74) is 0.920. The summed E-state index contributed by atoms with van der Waals surface area (Å²) in [7, 11) is 0. The van der Waals surface area contributed by atoms with Crippen LogP contribution in [0.25, 0.3) is 0 Å². The van der Waals surface area contributed by atoms with Gasteiger partial charge >= 0.3 is 0 Å². The van der Waals surface area contributed by atoms with Gasteiger partial charge in [-0.3, -0.25) is 9.59 Å². The van der Waals surface area contributed by atoms with Crippen LogP contribution in [0.5, 0.6) is 0 Å². The molecule has 4 nitrogen and oxygen atoms in total. The lowest BCUT2D eigenvalue weighted by Crippen LogP contribution is -2.40. The second-order valence-electron chi connectivity index (χ2n) is 6.66. The average Bonchev–Trinajstić information content (AvgIpc) is 2.99. The molecule has 1 aromatic carbocycles. The number of rotatable bonds is 4. The van der Waals surface area contributed by atoms with Crippen LogP contribution in [0.1, 0.15) is 45.4 Å². The first-order chi connectivity index (χ1) is 11.2. The van der Waals surface area contributed by atoms with Crippen LogP contribution in [-0.4, -0.2) is 35.8 Å². The fraction of sp³-hybridized carbons (Fsp3) is 0.579. The van der Waals surface area contributed by atoms with Crippen LogP contribution in [0, 0.1) is 5.92 Å². The lowest BCUT2D eigenvalue weighted by molar-refractivity contribution is -0.130. The van der Waals surface area contributed by atoms with Gasteiger partial charge in [0.15, 0.2) is 0 Å². The van der Waals surface area contributed by atoms with E-state index >= 15 is 0 Å². The predicted octanol–water partition coefficient (Wildman–Crippen LogP) is 3.22. The first kappa shape index (κ1) is 16.0. The average molecular weight is 314 g/mol. The summed E-state index contributed by atoms with van der Waals surface area (Å²) < 4.78 is 0. The molecule has 0 spiro atoms. The van der Waals surface area contributed by atoms with Gasteiger partial charge in [-0.15, -0.1) is 0 Å². The van der Waals surface area contributed by atoms with Crippen molar-refractivity contribution in [1.29, 1.82) is 0 Å². The number of hydrogen-bond acceptors (Lipinski definition) is 2. The molecule has 2 fully saturated rings. The molecule has 0 bridgehead atoms. The van der Waals surface area contributed by atoms with Gasteiger partial charge in [-0.1, -0.05) is 37.5 Å². The van der Waals surface area contributed by atoms with Gasteiger partial charge in [0.05, 0.1) is 5.92 Å². The standard InChI is InChI=1S/C19H26N2O2/c1-2-20(16-9-5-3-6-10-16)19(23)15-13-18(22)21(14-15)17-11-7-4-8-12-17/h3,5-6,9-10,15,17H,2,4,7-8,11-14H2,1H3. The molecule has 4 heteroatoms. The summed E-state index contributed by atoms with van der Waals surface area (Å²) in [4.78, 5) is 29.1. The number of benzene rings is 1. The van der Waals surface area contributed by atoms with E-state index in [1.165, 1.54) is 19.3 Å². The Balaban J connectivity index is 1.69. The number of anilines is 1. The second kappa shape index (κ2) is 7.16. The van der Waals surface area contributed by atoms with Crippen molar-refractivity contribution in [2.75, 3.05) is 18.0 Å². The third-order valence-corrected chi connectivity index (χ3v) is 5.17. The number of likely N-dealkylation sites (tertiary alicyclic amines) is 1. The number of para-hydroxylation sites is 1. The number of carbonyl (C=O) groups is 2. The first-order valence-electron chi connectivity index (χ1n) is 8.86. The van der Waals surface area contributed by atoms with Crippen LogP contribution in [0.2, 0.25) is 0 Å². The summed E-state index contributed by atoms with van der Waals surface area (Å²) in [5, 5.41) is 0. The molecule has 1 saturated carbocycles. The van der Waals surface area contributed by atoms with Crippen molar-refractivity contribution in [3.05, 3.63) is 30.3 Å². The van der Waals surface area contributed by atoms with Crippen LogP contribution < -0.4 is 4.90 Å². The molecule has 1 unspecified atom stereocenters. The molecule has 0 aromatic heterocycles. The topological polar surface area (TPSA) is 40.6 Å². The Bertz CT molecular complexity index is 552. The van der Waals surface area contributed by atoms with Gasteiger partial charge in [-0.2, -0.15) is 0 Å². The summed E-state index contributed by atoms with van der Waals surface area (Å²) in [5.74, 6) is 0.0642. The van der Waals surface area contributed by atoms with Crippen LogP contribution in [0.4, 0.5) is 5.69 Å². The highest BCUT2D eigenvalue weighted by molar-refractivity contribution is 5.99. The van der Waals surface area contributed by atoms with Crippen LogP contribution in [-0.2, 0) is 9.59 Å². The van der Waals surface area contributed by atoms with Gasteiger partial charge in [0.25, 0.3) is 0 Å². The van der Waals surface area contributed by atoms with Crippen LogP contribution >= 0.6 is 0 Å². The van der Waals surface area contributed by atoms with E-state index in [0.29, 0.717) is 25.6 Å². The second-order valence-corrected chi connectivity index (χ2v) is 6.66. The predicted molar refractivity (Wildman–Crippen MR) is 91.2 cm³/mol. The third-order valence-electron chi connectivity index (χ3n) is 5.17. The largest absolute Gasteiger partial charge is 0.339 e. The molecule has 2 aliphatic rings. The molecule has 3 rings (SSSR count). The Morgan fingerprint density at radius 2 is 1.87 bits per heavy atom. The van der Waals surface area contributed by atoms with Crippen LogP contribution in [0.15, 0.2) is 30.3 Å². The maximum absolute atomic E-state index is 12.9. The molecular formula is C19H26N2O2. The van der Waals surface area contributed by atoms with E-state index in [-0.39, 0.29) is 17.7 Å². The Hall–Kier alpha value is -1.84. The Morgan fingerprint density at radius 1 is 1.17 bits per heavy atom. The first-order valence-corrected chi connectivity index (χ1v) is 8.86. The number of carbonyl (C=O) groups excluding carboxylic acids is 2. The van der Waals surface area contributed by atoms with Gasteiger partial charge in [0.2, 0.25) is 11.8 Å². The molecule has 1 heterocycles. The van der Waals surface area contributed by atoms with Gasteiger partial charge in [0, 0.05) is 31.2 Å². The van der Waals surface area contributed by atoms with Gasteiger partial charge < -0.3 is 9.80 Å². The molecule has 124 valence electrons. The molecule has 0 N–H and O–H groups in total. The molecule has 0 radical (unpaired) electrons. The van der Waals surface area contributed by atoms with Crippen molar-refractivity contribution in [2.45, 2.75) is 51.5 Å².